The smallest absolute Gasteiger partial charge is 0.0575 e. The summed E-state index contributed by atoms with van der Waals surface area (Å²) < 4.78 is 0. The van der Waals surface area contributed by atoms with Gasteiger partial charge >= 0.3 is 0 Å². The number of fused-ring (bicyclic) bond motifs is 2. The lowest BCUT2D eigenvalue weighted by Gasteiger charge is -2.49. The molecule has 3 heteroatoms. The van der Waals surface area contributed by atoms with Crippen molar-refractivity contribution in [3.63, 3.8) is 0 Å². The maximum atomic E-state index is 4.65. The molecule has 3 nitrogen and oxygen atoms in total. The molecule has 2 bridgehead atoms. The van der Waals surface area contributed by atoms with E-state index in [-0.39, 0.29) is 0 Å². The summed E-state index contributed by atoms with van der Waals surface area (Å²) in [6, 6.07) is 6.53. The van der Waals surface area contributed by atoms with Crippen LogP contribution in [0.5, 0.6) is 0 Å². The Bertz CT molecular complexity index is 432. The number of pyridine rings is 1. The third-order valence-electron chi connectivity index (χ3n) is 5.23. The first-order chi connectivity index (χ1) is 9.81. The quantitative estimate of drug-likeness (QED) is 0.914. The van der Waals surface area contributed by atoms with E-state index in [1.807, 2.05) is 6.20 Å². The number of piperidine rings is 2. The number of hydrogen-bond donors (Lipinski definition) is 1. The Morgan fingerprint density at radius 1 is 1.30 bits per heavy atom. The molecule has 110 valence electrons. The fraction of sp³-hybridized carbons (Fsp3) is 0.706. The molecular weight excluding hydrogens is 246 g/mol. The molecule has 1 aromatic rings. The van der Waals surface area contributed by atoms with Crippen LogP contribution < -0.4 is 5.32 Å². The van der Waals surface area contributed by atoms with Crippen molar-refractivity contribution >= 4 is 0 Å². The van der Waals surface area contributed by atoms with Gasteiger partial charge in [-0.15, -0.1) is 0 Å². The summed E-state index contributed by atoms with van der Waals surface area (Å²) in [5.41, 5.74) is 2.72. The number of aromatic nitrogens is 1. The van der Waals surface area contributed by atoms with Crippen molar-refractivity contribution in [2.75, 3.05) is 7.05 Å². The van der Waals surface area contributed by atoms with Gasteiger partial charge in [0.2, 0.25) is 0 Å². The highest BCUT2D eigenvalue weighted by Gasteiger charge is 2.37. The SMILES string of the molecule is CCc1cccnc1CN1C2CCCC1CC(NC)C2. The molecule has 2 aliphatic rings. The van der Waals surface area contributed by atoms with E-state index in [2.05, 4.69) is 41.3 Å². The van der Waals surface area contributed by atoms with Gasteiger partial charge < -0.3 is 5.32 Å². The Kier molecular flexibility index (Phi) is 4.37. The Morgan fingerprint density at radius 2 is 2.05 bits per heavy atom. The van der Waals surface area contributed by atoms with Crippen LogP contribution in [-0.4, -0.2) is 35.1 Å². The molecule has 20 heavy (non-hydrogen) atoms. The molecule has 2 atom stereocenters. The van der Waals surface area contributed by atoms with E-state index in [0.717, 1.165) is 31.1 Å². The highest BCUT2D eigenvalue weighted by atomic mass is 15.2. The van der Waals surface area contributed by atoms with Crippen molar-refractivity contribution in [3.05, 3.63) is 29.6 Å². The van der Waals surface area contributed by atoms with E-state index in [1.54, 1.807) is 0 Å². The minimum absolute atomic E-state index is 0.718. The molecule has 0 amide bonds. The van der Waals surface area contributed by atoms with Crippen LogP contribution in [0.3, 0.4) is 0 Å². The van der Waals surface area contributed by atoms with E-state index < -0.39 is 0 Å². The average Bonchev–Trinajstić information content (AvgIpc) is 2.47. The van der Waals surface area contributed by atoms with E-state index in [1.165, 1.54) is 43.4 Å². The Morgan fingerprint density at radius 3 is 2.70 bits per heavy atom. The molecule has 2 unspecified atom stereocenters. The summed E-state index contributed by atoms with van der Waals surface area (Å²) in [6.07, 6.45) is 9.79. The van der Waals surface area contributed by atoms with Crippen LogP contribution in [0.15, 0.2) is 18.3 Å². The van der Waals surface area contributed by atoms with Gasteiger partial charge in [-0.25, -0.2) is 0 Å². The zero-order valence-corrected chi connectivity index (χ0v) is 12.8. The summed E-state index contributed by atoms with van der Waals surface area (Å²) >= 11 is 0. The average molecular weight is 273 g/mol. The lowest BCUT2D eigenvalue weighted by atomic mass is 9.81. The predicted molar refractivity (Wildman–Crippen MR) is 82.7 cm³/mol. The zero-order chi connectivity index (χ0) is 13.9. The first kappa shape index (κ1) is 14.0. The standard InChI is InChI=1S/C17H27N3/c1-3-13-6-5-9-19-17(13)12-20-15-7-4-8-16(20)11-14(10-15)18-2/h5-6,9,14-16,18H,3-4,7-8,10-12H2,1-2H3. The molecule has 0 aliphatic carbocycles. The van der Waals surface area contributed by atoms with E-state index in [0.29, 0.717) is 0 Å². The van der Waals surface area contributed by atoms with E-state index >= 15 is 0 Å². The molecule has 2 fully saturated rings. The third-order valence-corrected chi connectivity index (χ3v) is 5.23. The Balaban J connectivity index is 1.76. The summed E-state index contributed by atoms with van der Waals surface area (Å²) in [6.45, 7) is 3.28. The van der Waals surface area contributed by atoms with Crippen LogP contribution in [-0.2, 0) is 13.0 Å². The summed E-state index contributed by atoms with van der Waals surface area (Å²) in [5.74, 6) is 0. The second kappa shape index (κ2) is 6.23. The lowest BCUT2D eigenvalue weighted by Crippen LogP contribution is -2.55. The van der Waals surface area contributed by atoms with Crippen LogP contribution in [0, 0.1) is 0 Å². The van der Waals surface area contributed by atoms with Gasteiger partial charge in [-0.1, -0.05) is 19.4 Å². The van der Waals surface area contributed by atoms with Gasteiger partial charge in [-0.2, -0.15) is 0 Å². The molecule has 0 aromatic carbocycles. The van der Waals surface area contributed by atoms with Gasteiger partial charge in [0, 0.05) is 30.9 Å². The molecule has 2 saturated heterocycles. The Hall–Kier alpha value is -0.930. The molecule has 0 spiro atoms. The zero-order valence-electron chi connectivity index (χ0n) is 12.8. The first-order valence-corrected chi connectivity index (χ1v) is 8.17. The van der Waals surface area contributed by atoms with Crippen molar-refractivity contribution in [3.8, 4) is 0 Å². The van der Waals surface area contributed by atoms with Gasteiger partial charge in [-0.3, -0.25) is 9.88 Å². The number of aryl methyl sites for hydroxylation is 1. The maximum absolute atomic E-state index is 4.65. The van der Waals surface area contributed by atoms with Crippen molar-refractivity contribution < 1.29 is 0 Å². The van der Waals surface area contributed by atoms with Crippen LogP contribution in [0.4, 0.5) is 0 Å². The summed E-state index contributed by atoms with van der Waals surface area (Å²) in [7, 11) is 2.12. The largest absolute Gasteiger partial charge is 0.317 e. The maximum Gasteiger partial charge on any atom is 0.0575 e. The minimum atomic E-state index is 0.718. The van der Waals surface area contributed by atoms with Gasteiger partial charge in [0.1, 0.15) is 0 Å². The highest BCUT2D eigenvalue weighted by Crippen LogP contribution is 2.35. The molecule has 2 aliphatic heterocycles. The van der Waals surface area contributed by atoms with Crippen LogP contribution in [0.2, 0.25) is 0 Å². The second-order valence-corrected chi connectivity index (χ2v) is 6.33. The molecule has 3 heterocycles. The van der Waals surface area contributed by atoms with Gasteiger partial charge in [0.25, 0.3) is 0 Å². The molecule has 1 aromatic heterocycles. The number of rotatable bonds is 4. The number of hydrogen-bond acceptors (Lipinski definition) is 3. The number of nitrogens with zero attached hydrogens (tertiary/aromatic N) is 2. The van der Waals surface area contributed by atoms with Gasteiger partial charge in [0.15, 0.2) is 0 Å². The lowest BCUT2D eigenvalue weighted by molar-refractivity contribution is 0.0179. The summed E-state index contributed by atoms with van der Waals surface area (Å²) in [5, 5.41) is 3.50. The van der Waals surface area contributed by atoms with Crippen LogP contribution in [0.25, 0.3) is 0 Å². The van der Waals surface area contributed by atoms with Crippen LogP contribution in [0.1, 0.15) is 50.3 Å². The van der Waals surface area contributed by atoms with Crippen molar-refractivity contribution in [1.29, 1.82) is 0 Å². The topological polar surface area (TPSA) is 28.2 Å². The first-order valence-electron chi connectivity index (χ1n) is 8.17. The molecule has 1 N–H and O–H groups in total. The monoisotopic (exact) mass is 273 g/mol. The molecule has 0 saturated carbocycles. The van der Waals surface area contributed by atoms with Crippen LogP contribution >= 0.6 is 0 Å². The minimum Gasteiger partial charge on any atom is -0.317 e. The summed E-state index contributed by atoms with van der Waals surface area (Å²) in [4.78, 5) is 7.40. The van der Waals surface area contributed by atoms with Gasteiger partial charge in [0.05, 0.1) is 5.69 Å². The fourth-order valence-corrected chi connectivity index (χ4v) is 4.08. The number of nitrogens with one attached hydrogen (secondary N) is 1. The Labute approximate surface area is 122 Å². The normalized spacial score (nSPS) is 30.4. The molecular formula is C17H27N3. The van der Waals surface area contributed by atoms with E-state index in [9.17, 15) is 0 Å². The van der Waals surface area contributed by atoms with Crippen molar-refractivity contribution in [2.45, 2.75) is 70.1 Å². The fourth-order valence-electron chi connectivity index (χ4n) is 4.08. The molecule has 3 rings (SSSR count). The highest BCUT2D eigenvalue weighted by molar-refractivity contribution is 5.20. The van der Waals surface area contributed by atoms with Crippen molar-refractivity contribution in [1.82, 2.24) is 15.2 Å². The second-order valence-electron chi connectivity index (χ2n) is 6.33. The van der Waals surface area contributed by atoms with Crippen molar-refractivity contribution in [2.24, 2.45) is 0 Å². The third kappa shape index (κ3) is 2.75. The van der Waals surface area contributed by atoms with E-state index in [4.69, 9.17) is 0 Å². The van der Waals surface area contributed by atoms with Gasteiger partial charge in [-0.05, 0) is 50.8 Å². The molecule has 0 radical (unpaired) electrons. The predicted octanol–water partition coefficient (Wildman–Crippen LogP) is 2.75.